The predicted molar refractivity (Wildman–Crippen MR) is 115 cm³/mol. The van der Waals surface area contributed by atoms with E-state index in [1.165, 1.54) is 5.56 Å². The standard InChI is InChI=1S/C23H24N4O3/c1-15-4-3-5-17(12-15)18-6-7-27(25-18)22-14-20(26-8-10-29-11-9-26)23-19(24-22)13-21(30-23)16(2)28/h3-7,12-14,16,28H,8-11H2,1-2H3. The fourth-order valence-electron chi connectivity index (χ4n) is 3.78. The monoisotopic (exact) mass is 404 g/mol. The van der Waals surface area contributed by atoms with Gasteiger partial charge < -0.3 is 19.2 Å². The number of morpholine rings is 1. The molecule has 0 aliphatic carbocycles. The van der Waals surface area contributed by atoms with Crippen LogP contribution in [-0.2, 0) is 4.74 Å². The summed E-state index contributed by atoms with van der Waals surface area (Å²) in [5.74, 6) is 1.21. The zero-order valence-electron chi connectivity index (χ0n) is 17.1. The number of furan rings is 1. The summed E-state index contributed by atoms with van der Waals surface area (Å²) < 4.78 is 13.3. The summed E-state index contributed by atoms with van der Waals surface area (Å²) in [5.41, 5.74) is 5.49. The summed E-state index contributed by atoms with van der Waals surface area (Å²) in [5, 5.41) is 14.7. The number of pyridine rings is 1. The quantitative estimate of drug-likeness (QED) is 0.556. The fraction of sp³-hybridized carbons (Fsp3) is 0.304. The minimum absolute atomic E-state index is 0.505. The summed E-state index contributed by atoms with van der Waals surface area (Å²) in [7, 11) is 0. The third-order valence-electron chi connectivity index (χ3n) is 5.37. The Morgan fingerprint density at radius 1 is 1.10 bits per heavy atom. The van der Waals surface area contributed by atoms with E-state index >= 15 is 0 Å². The lowest BCUT2D eigenvalue weighted by atomic mass is 10.1. The Morgan fingerprint density at radius 2 is 1.93 bits per heavy atom. The Hall–Kier alpha value is -3.16. The van der Waals surface area contributed by atoms with E-state index in [9.17, 15) is 5.11 Å². The number of nitrogens with zero attached hydrogens (tertiary/aromatic N) is 4. The highest BCUT2D eigenvalue weighted by Crippen LogP contribution is 2.33. The zero-order chi connectivity index (χ0) is 20.7. The van der Waals surface area contributed by atoms with Gasteiger partial charge in [0.1, 0.15) is 17.4 Å². The molecule has 0 bridgehead atoms. The summed E-state index contributed by atoms with van der Waals surface area (Å²) in [6.45, 7) is 6.65. The van der Waals surface area contributed by atoms with E-state index in [4.69, 9.17) is 19.2 Å². The van der Waals surface area contributed by atoms with Gasteiger partial charge >= 0.3 is 0 Å². The maximum Gasteiger partial charge on any atom is 0.176 e. The van der Waals surface area contributed by atoms with Crippen LogP contribution in [-0.4, -0.2) is 46.2 Å². The predicted octanol–water partition coefficient (Wildman–Crippen LogP) is 3.88. The van der Waals surface area contributed by atoms with Crippen molar-refractivity contribution < 1.29 is 14.3 Å². The van der Waals surface area contributed by atoms with Gasteiger partial charge in [-0.3, -0.25) is 0 Å². The Morgan fingerprint density at radius 3 is 2.70 bits per heavy atom. The van der Waals surface area contributed by atoms with E-state index in [0.29, 0.717) is 35.9 Å². The highest BCUT2D eigenvalue weighted by molar-refractivity contribution is 5.88. The topological polar surface area (TPSA) is 76.5 Å². The first-order chi connectivity index (χ1) is 14.6. The molecular formula is C23H24N4O3. The average Bonchev–Trinajstić information content (AvgIpc) is 3.41. The lowest BCUT2D eigenvalue weighted by Gasteiger charge is -2.29. The fourth-order valence-corrected chi connectivity index (χ4v) is 3.78. The van der Waals surface area contributed by atoms with Crippen LogP contribution in [0.25, 0.3) is 28.2 Å². The van der Waals surface area contributed by atoms with E-state index < -0.39 is 6.10 Å². The largest absolute Gasteiger partial charge is 0.454 e. The normalized spacial score (nSPS) is 15.6. The molecule has 0 radical (unpaired) electrons. The SMILES string of the molecule is Cc1cccc(-c2ccn(-c3cc(N4CCOCC4)c4oc(C(C)O)cc4n3)n2)c1. The van der Waals surface area contributed by atoms with Crippen LogP contribution in [0.15, 0.2) is 53.1 Å². The Balaban J connectivity index is 1.60. The molecule has 1 atom stereocenters. The average molecular weight is 404 g/mol. The second-order valence-electron chi connectivity index (χ2n) is 7.65. The highest BCUT2D eigenvalue weighted by Gasteiger charge is 2.21. The van der Waals surface area contributed by atoms with E-state index in [-0.39, 0.29) is 0 Å². The number of benzene rings is 1. The van der Waals surface area contributed by atoms with Crippen LogP contribution in [0.3, 0.4) is 0 Å². The van der Waals surface area contributed by atoms with Crippen molar-refractivity contribution in [2.75, 3.05) is 31.2 Å². The number of ether oxygens (including phenoxy) is 1. The molecule has 1 unspecified atom stereocenters. The maximum atomic E-state index is 9.99. The van der Waals surface area contributed by atoms with Gasteiger partial charge in [-0.15, -0.1) is 0 Å². The molecule has 0 spiro atoms. The molecule has 0 amide bonds. The Kier molecular flexibility index (Phi) is 4.77. The molecule has 5 rings (SSSR count). The molecule has 1 aliphatic rings. The van der Waals surface area contributed by atoms with Gasteiger partial charge in [0, 0.05) is 37.0 Å². The van der Waals surface area contributed by atoms with E-state index in [2.05, 4.69) is 30.0 Å². The molecular weight excluding hydrogens is 380 g/mol. The van der Waals surface area contributed by atoms with Gasteiger partial charge in [0.2, 0.25) is 0 Å². The van der Waals surface area contributed by atoms with Crippen molar-refractivity contribution >= 4 is 16.8 Å². The molecule has 7 nitrogen and oxygen atoms in total. The van der Waals surface area contributed by atoms with E-state index in [1.807, 2.05) is 24.4 Å². The number of hydrogen-bond acceptors (Lipinski definition) is 6. The molecule has 3 aromatic heterocycles. The second kappa shape index (κ2) is 7.59. The number of aromatic nitrogens is 3. The zero-order valence-corrected chi connectivity index (χ0v) is 17.1. The van der Waals surface area contributed by atoms with Crippen molar-refractivity contribution in [3.63, 3.8) is 0 Å². The van der Waals surface area contributed by atoms with Crippen LogP contribution in [0, 0.1) is 6.92 Å². The summed E-state index contributed by atoms with van der Waals surface area (Å²) >= 11 is 0. The number of anilines is 1. The molecule has 1 aliphatic heterocycles. The number of fused-ring (bicyclic) bond motifs is 1. The van der Waals surface area contributed by atoms with Gasteiger partial charge in [-0.1, -0.05) is 23.8 Å². The van der Waals surface area contributed by atoms with Gasteiger partial charge in [0.05, 0.1) is 24.6 Å². The van der Waals surface area contributed by atoms with Crippen molar-refractivity contribution in [2.24, 2.45) is 0 Å². The Labute approximate surface area is 174 Å². The van der Waals surface area contributed by atoms with Gasteiger partial charge in [-0.05, 0) is 26.0 Å². The minimum Gasteiger partial charge on any atom is -0.454 e. The van der Waals surface area contributed by atoms with Crippen molar-refractivity contribution in [1.82, 2.24) is 14.8 Å². The van der Waals surface area contributed by atoms with Gasteiger partial charge in [-0.25, -0.2) is 9.67 Å². The van der Waals surface area contributed by atoms with Crippen LogP contribution >= 0.6 is 0 Å². The van der Waals surface area contributed by atoms with Crippen LogP contribution in [0.2, 0.25) is 0 Å². The first-order valence-electron chi connectivity index (χ1n) is 10.2. The van der Waals surface area contributed by atoms with E-state index in [1.54, 1.807) is 17.7 Å². The molecule has 1 fully saturated rings. The van der Waals surface area contributed by atoms with Crippen LogP contribution in [0.1, 0.15) is 24.4 Å². The molecule has 30 heavy (non-hydrogen) atoms. The molecule has 7 heteroatoms. The third kappa shape index (κ3) is 3.46. The molecule has 1 aromatic carbocycles. The van der Waals surface area contributed by atoms with Gasteiger partial charge in [0.15, 0.2) is 11.4 Å². The molecule has 4 aromatic rings. The number of rotatable bonds is 4. The third-order valence-corrected chi connectivity index (χ3v) is 5.37. The summed E-state index contributed by atoms with van der Waals surface area (Å²) in [6.07, 6.45) is 1.22. The minimum atomic E-state index is -0.696. The summed E-state index contributed by atoms with van der Waals surface area (Å²) in [6, 6.07) is 14.1. The van der Waals surface area contributed by atoms with E-state index in [0.717, 1.165) is 30.0 Å². The molecule has 4 heterocycles. The van der Waals surface area contributed by atoms with Crippen LogP contribution in [0.5, 0.6) is 0 Å². The van der Waals surface area contributed by atoms with Crippen molar-refractivity contribution in [3.8, 4) is 17.1 Å². The Bertz CT molecular complexity index is 1190. The van der Waals surface area contributed by atoms with Gasteiger partial charge in [-0.2, -0.15) is 5.10 Å². The molecule has 1 N–H and O–H groups in total. The van der Waals surface area contributed by atoms with Crippen molar-refractivity contribution in [3.05, 3.63) is 60.0 Å². The maximum absolute atomic E-state index is 9.99. The van der Waals surface area contributed by atoms with Crippen LogP contribution in [0.4, 0.5) is 5.69 Å². The molecule has 1 saturated heterocycles. The van der Waals surface area contributed by atoms with Crippen LogP contribution < -0.4 is 4.90 Å². The molecule has 154 valence electrons. The number of aliphatic hydroxyl groups is 1. The van der Waals surface area contributed by atoms with Gasteiger partial charge in [0.25, 0.3) is 0 Å². The number of aryl methyl sites for hydroxylation is 1. The summed E-state index contributed by atoms with van der Waals surface area (Å²) in [4.78, 5) is 7.00. The second-order valence-corrected chi connectivity index (χ2v) is 7.65. The lowest BCUT2D eigenvalue weighted by Crippen LogP contribution is -2.36. The first kappa shape index (κ1) is 18.8. The highest BCUT2D eigenvalue weighted by atomic mass is 16.5. The first-order valence-corrected chi connectivity index (χ1v) is 10.2. The van der Waals surface area contributed by atoms with Crippen molar-refractivity contribution in [2.45, 2.75) is 20.0 Å². The lowest BCUT2D eigenvalue weighted by molar-refractivity contribution is 0.122. The molecule has 0 saturated carbocycles. The number of aliphatic hydroxyl groups excluding tert-OH is 1. The van der Waals surface area contributed by atoms with Crippen molar-refractivity contribution in [1.29, 1.82) is 0 Å². The smallest absolute Gasteiger partial charge is 0.176 e. The number of hydrogen-bond donors (Lipinski definition) is 1.